The van der Waals surface area contributed by atoms with Crippen molar-refractivity contribution >= 4 is 11.9 Å². The van der Waals surface area contributed by atoms with Crippen molar-refractivity contribution in [1.29, 1.82) is 0 Å². The third-order valence-corrected chi connectivity index (χ3v) is 5.34. The van der Waals surface area contributed by atoms with Gasteiger partial charge < -0.3 is 10.0 Å². The molecule has 142 valence electrons. The van der Waals surface area contributed by atoms with E-state index in [0.29, 0.717) is 37.1 Å². The number of hydrogen-bond donors (Lipinski definition) is 1. The van der Waals surface area contributed by atoms with Crippen molar-refractivity contribution in [2.45, 2.75) is 44.6 Å². The van der Waals surface area contributed by atoms with Gasteiger partial charge in [-0.15, -0.1) is 0 Å². The Kier molecular flexibility index (Phi) is 4.41. The van der Waals surface area contributed by atoms with Gasteiger partial charge in [-0.05, 0) is 50.7 Å². The topological polar surface area (TPSA) is 75.4 Å². The van der Waals surface area contributed by atoms with E-state index in [1.54, 1.807) is 0 Å². The summed E-state index contributed by atoms with van der Waals surface area (Å²) >= 11 is 0. The number of benzene rings is 1. The quantitative estimate of drug-likeness (QED) is 0.895. The van der Waals surface area contributed by atoms with Gasteiger partial charge in [0.2, 0.25) is 0 Å². The third kappa shape index (κ3) is 2.89. The van der Waals surface area contributed by atoms with Gasteiger partial charge in [0.25, 0.3) is 5.91 Å². The summed E-state index contributed by atoms with van der Waals surface area (Å²) in [4.78, 5) is 26.0. The molecule has 1 aliphatic carbocycles. The van der Waals surface area contributed by atoms with Crippen LogP contribution in [-0.4, -0.2) is 44.3 Å². The summed E-state index contributed by atoms with van der Waals surface area (Å²) in [7, 11) is 0. The minimum atomic E-state index is -1.03. The van der Waals surface area contributed by atoms with Crippen molar-refractivity contribution in [3.63, 3.8) is 0 Å². The number of hydrogen-bond acceptors (Lipinski definition) is 3. The van der Waals surface area contributed by atoms with Crippen LogP contribution < -0.4 is 0 Å². The lowest BCUT2D eigenvalue weighted by Gasteiger charge is -2.32. The fourth-order valence-corrected chi connectivity index (χ4v) is 4.03. The largest absolute Gasteiger partial charge is 0.480 e. The van der Waals surface area contributed by atoms with Gasteiger partial charge in [-0.25, -0.2) is 18.3 Å². The highest BCUT2D eigenvalue weighted by Crippen LogP contribution is 2.31. The maximum Gasteiger partial charge on any atom is 0.326 e. The smallest absolute Gasteiger partial charge is 0.326 e. The van der Waals surface area contributed by atoms with Crippen molar-refractivity contribution < 1.29 is 23.5 Å². The Morgan fingerprint density at radius 1 is 1.15 bits per heavy atom. The van der Waals surface area contributed by atoms with Gasteiger partial charge in [0.05, 0.1) is 0 Å². The number of piperidine rings is 1. The van der Waals surface area contributed by atoms with Crippen LogP contribution in [0.1, 0.15) is 47.4 Å². The molecule has 0 saturated carbocycles. The summed E-state index contributed by atoms with van der Waals surface area (Å²) in [5, 5.41) is 13.7. The Hall–Kier alpha value is -2.77. The van der Waals surface area contributed by atoms with E-state index in [1.807, 2.05) is 0 Å². The van der Waals surface area contributed by atoms with Crippen LogP contribution in [0.2, 0.25) is 0 Å². The molecule has 1 atom stereocenters. The number of nitrogens with zero attached hydrogens (tertiary/aromatic N) is 3. The van der Waals surface area contributed by atoms with Crippen molar-refractivity contribution in [2.24, 2.45) is 0 Å². The minimum absolute atomic E-state index is 0.0411. The van der Waals surface area contributed by atoms with E-state index in [0.717, 1.165) is 25.3 Å². The zero-order valence-electron chi connectivity index (χ0n) is 14.6. The maximum atomic E-state index is 14.3. The average molecular weight is 375 g/mol. The molecule has 1 saturated heterocycles. The van der Waals surface area contributed by atoms with E-state index >= 15 is 0 Å². The number of halogens is 2. The van der Waals surface area contributed by atoms with Crippen LogP contribution in [0.25, 0.3) is 5.69 Å². The predicted molar refractivity (Wildman–Crippen MR) is 91.8 cm³/mol. The number of aliphatic carboxylic acids is 1. The van der Waals surface area contributed by atoms with Crippen LogP contribution in [0.5, 0.6) is 0 Å². The van der Waals surface area contributed by atoms with Gasteiger partial charge in [0, 0.05) is 17.8 Å². The molecule has 2 aromatic rings. The Balaban J connectivity index is 1.77. The monoisotopic (exact) mass is 375 g/mol. The molecule has 2 heterocycles. The van der Waals surface area contributed by atoms with Crippen molar-refractivity contribution in [2.75, 3.05) is 6.54 Å². The van der Waals surface area contributed by atoms with Crippen LogP contribution in [0, 0.1) is 11.6 Å². The molecule has 1 N–H and O–H groups in total. The SMILES string of the molecule is O=C(O)[C@H]1CCCCN1C(=O)c1nn(-c2cccc(F)c2F)c2c1CCC2. The number of amides is 1. The Morgan fingerprint density at radius 2 is 1.96 bits per heavy atom. The number of fused-ring (bicyclic) bond motifs is 1. The normalized spacial score (nSPS) is 19.2. The van der Waals surface area contributed by atoms with Crippen molar-refractivity contribution in [1.82, 2.24) is 14.7 Å². The molecule has 1 aromatic carbocycles. The molecule has 2 aliphatic rings. The molecular formula is C19H19F2N3O3. The Labute approximate surface area is 154 Å². The molecule has 6 nitrogen and oxygen atoms in total. The summed E-state index contributed by atoms with van der Waals surface area (Å²) < 4.78 is 29.2. The number of carboxylic acid groups (broad SMARTS) is 1. The minimum Gasteiger partial charge on any atom is -0.480 e. The van der Waals surface area contributed by atoms with E-state index in [9.17, 15) is 23.5 Å². The van der Waals surface area contributed by atoms with Crippen molar-refractivity contribution in [3.8, 4) is 5.69 Å². The second kappa shape index (κ2) is 6.75. The number of likely N-dealkylation sites (tertiary alicyclic amines) is 1. The fourth-order valence-electron chi connectivity index (χ4n) is 4.03. The molecule has 0 bridgehead atoms. The molecule has 0 radical (unpaired) electrons. The standard InChI is InChI=1S/C19H19F2N3O3/c20-12-6-4-9-14(16(12)21)24-13-8-3-5-11(13)17(22-24)18(25)23-10-2-1-7-15(23)19(26)27/h4,6,9,15H,1-3,5,7-8,10H2,(H,26,27)/t15-/m1/s1. The lowest BCUT2D eigenvalue weighted by molar-refractivity contribution is -0.143. The van der Waals surface area contributed by atoms with Crippen LogP contribution in [0.15, 0.2) is 18.2 Å². The third-order valence-electron chi connectivity index (χ3n) is 5.34. The van der Waals surface area contributed by atoms with E-state index in [4.69, 9.17) is 0 Å². The highest BCUT2D eigenvalue weighted by atomic mass is 19.2. The molecule has 0 unspecified atom stereocenters. The molecule has 1 aromatic heterocycles. The fraction of sp³-hybridized carbons (Fsp3) is 0.421. The summed E-state index contributed by atoms with van der Waals surface area (Å²) in [6.45, 7) is 0.353. The maximum absolute atomic E-state index is 14.3. The molecule has 27 heavy (non-hydrogen) atoms. The Bertz CT molecular complexity index is 925. The van der Waals surface area contributed by atoms with E-state index < -0.39 is 29.6 Å². The number of carbonyl (C=O) groups excluding carboxylic acids is 1. The number of aromatic nitrogens is 2. The molecule has 1 aliphatic heterocycles. The Morgan fingerprint density at radius 3 is 2.74 bits per heavy atom. The van der Waals surface area contributed by atoms with Crippen LogP contribution in [0.4, 0.5) is 8.78 Å². The van der Waals surface area contributed by atoms with Gasteiger partial charge in [-0.2, -0.15) is 5.10 Å². The second-order valence-electron chi connectivity index (χ2n) is 6.96. The molecule has 4 rings (SSSR count). The van der Waals surface area contributed by atoms with Gasteiger partial charge in [-0.3, -0.25) is 4.79 Å². The van der Waals surface area contributed by atoms with E-state index in [2.05, 4.69) is 5.10 Å². The van der Waals surface area contributed by atoms with Gasteiger partial charge >= 0.3 is 5.97 Å². The van der Waals surface area contributed by atoms with E-state index in [-0.39, 0.29) is 11.4 Å². The van der Waals surface area contributed by atoms with Crippen LogP contribution in [0.3, 0.4) is 0 Å². The summed E-state index contributed by atoms with van der Waals surface area (Å²) in [6, 6.07) is 2.96. The number of carboxylic acids is 1. The highest BCUT2D eigenvalue weighted by molar-refractivity contribution is 5.96. The first-order valence-corrected chi connectivity index (χ1v) is 9.08. The highest BCUT2D eigenvalue weighted by Gasteiger charge is 2.36. The average Bonchev–Trinajstić information content (AvgIpc) is 3.26. The number of carbonyl (C=O) groups is 2. The lowest BCUT2D eigenvalue weighted by atomic mass is 10.0. The first-order valence-electron chi connectivity index (χ1n) is 9.08. The molecule has 8 heteroatoms. The zero-order chi connectivity index (χ0) is 19.1. The van der Waals surface area contributed by atoms with Gasteiger partial charge in [0.15, 0.2) is 17.3 Å². The van der Waals surface area contributed by atoms with Gasteiger partial charge in [-0.1, -0.05) is 6.07 Å². The molecule has 0 spiro atoms. The molecular weight excluding hydrogens is 356 g/mol. The lowest BCUT2D eigenvalue weighted by Crippen LogP contribution is -2.48. The summed E-state index contributed by atoms with van der Waals surface area (Å²) in [6.07, 6.45) is 3.89. The molecule has 1 fully saturated rings. The van der Waals surface area contributed by atoms with E-state index in [1.165, 1.54) is 21.7 Å². The number of rotatable bonds is 3. The zero-order valence-corrected chi connectivity index (χ0v) is 14.6. The molecule has 1 amide bonds. The van der Waals surface area contributed by atoms with Crippen LogP contribution >= 0.6 is 0 Å². The predicted octanol–water partition coefficient (Wildman–Crippen LogP) is 2.72. The van der Waals surface area contributed by atoms with Gasteiger partial charge in [0.1, 0.15) is 11.7 Å². The first-order chi connectivity index (χ1) is 13.0. The second-order valence-corrected chi connectivity index (χ2v) is 6.96. The summed E-state index contributed by atoms with van der Waals surface area (Å²) in [5.74, 6) is -3.48. The van der Waals surface area contributed by atoms with Crippen LogP contribution in [-0.2, 0) is 17.6 Å². The first kappa shape index (κ1) is 17.6. The van der Waals surface area contributed by atoms with Crippen molar-refractivity contribution in [3.05, 3.63) is 46.8 Å². The summed E-state index contributed by atoms with van der Waals surface area (Å²) in [5.41, 5.74) is 1.50.